The average molecular weight is 569 g/mol. The fourth-order valence-corrected chi connectivity index (χ4v) is 5.07. The minimum atomic E-state index is -0.413. The van der Waals surface area contributed by atoms with Crippen molar-refractivity contribution in [3.63, 3.8) is 0 Å². The Morgan fingerprint density at radius 2 is 1.57 bits per heavy atom. The Bertz CT molecular complexity index is 1320. The van der Waals surface area contributed by atoms with Gasteiger partial charge >= 0.3 is 0 Å². The molecule has 0 unspecified atom stereocenters. The second-order valence-electron chi connectivity index (χ2n) is 10.6. The number of amides is 3. The molecule has 0 bridgehead atoms. The van der Waals surface area contributed by atoms with E-state index in [0.29, 0.717) is 56.7 Å². The molecule has 1 aliphatic rings. The molecule has 3 amide bonds. The van der Waals surface area contributed by atoms with Crippen LogP contribution in [0.2, 0.25) is 0 Å². The van der Waals surface area contributed by atoms with Crippen molar-refractivity contribution in [2.45, 2.75) is 38.1 Å². The average Bonchev–Trinajstić information content (AvgIpc) is 3.37. The molecule has 3 aromatic carbocycles. The molecular formula is C33H40N6O3. The molecule has 1 aliphatic heterocycles. The van der Waals surface area contributed by atoms with Gasteiger partial charge in [0.1, 0.15) is 0 Å². The molecule has 0 saturated carbocycles. The Morgan fingerprint density at radius 3 is 2.12 bits per heavy atom. The van der Waals surface area contributed by atoms with Gasteiger partial charge in [0.15, 0.2) is 0 Å². The Hall–Kier alpha value is -4.34. The molecule has 4 rings (SSSR count). The highest BCUT2D eigenvalue weighted by atomic mass is 16.2. The van der Waals surface area contributed by atoms with Gasteiger partial charge in [-0.25, -0.2) is 5.01 Å². The van der Waals surface area contributed by atoms with Crippen LogP contribution in [-0.4, -0.2) is 67.6 Å². The van der Waals surface area contributed by atoms with E-state index in [1.165, 1.54) is 5.01 Å². The topological polar surface area (TPSA) is 120 Å². The Morgan fingerprint density at radius 1 is 0.952 bits per heavy atom. The first kappa shape index (κ1) is 30.6. The van der Waals surface area contributed by atoms with Crippen LogP contribution in [0.3, 0.4) is 0 Å². The smallest absolute Gasteiger partial charge is 0.253 e. The second-order valence-corrected chi connectivity index (χ2v) is 10.6. The molecule has 1 atom stereocenters. The summed E-state index contributed by atoms with van der Waals surface area (Å²) in [4.78, 5) is 40.1. The first-order chi connectivity index (χ1) is 20.4. The maximum absolute atomic E-state index is 13.6. The normalized spacial score (nSPS) is 13.7. The number of hydrazone groups is 1. The lowest BCUT2D eigenvalue weighted by atomic mass is 9.90. The monoisotopic (exact) mass is 568 g/mol. The van der Waals surface area contributed by atoms with Crippen molar-refractivity contribution in [2.75, 3.05) is 38.2 Å². The fraction of sp³-hybridized carbons (Fsp3) is 0.333. The van der Waals surface area contributed by atoms with Crippen LogP contribution in [0.5, 0.6) is 0 Å². The molecule has 9 nitrogen and oxygen atoms in total. The number of rotatable bonds is 14. The number of nitrogens with two attached hydrogens (primary N) is 1. The standard InChI is InChI=1S/C33H40N6O3/c1-24-22-31(40)39(37-24)28-17-15-27(16-18-28)32(41)36-21-20-35-30(14-9-19-34)33(42)38(2)23-29(25-10-5-3-6-11-25)26-12-7-4-8-13-26/h3-8,10-13,15-18,29-30,35H,9,14,19-23,34H2,1-2H3,(H,36,41)/t30-/m0/s1. The minimum absolute atomic E-state index is 0.00316. The van der Waals surface area contributed by atoms with Crippen LogP contribution in [0.4, 0.5) is 5.69 Å². The number of likely N-dealkylation sites (N-methyl/N-ethyl adjacent to an activating group) is 1. The summed E-state index contributed by atoms with van der Waals surface area (Å²) in [5.74, 6) is -0.278. The van der Waals surface area contributed by atoms with E-state index in [1.807, 2.05) is 50.4 Å². The lowest BCUT2D eigenvalue weighted by Crippen LogP contribution is -2.48. The van der Waals surface area contributed by atoms with Crippen molar-refractivity contribution in [1.82, 2.24) is 15.5 Å². The summed E-state index contributed by atoms with van der Waals surface area (Å²) < 4.78 is 0. The highest BCUT2D eigenvalue weighted by molar-refractivity contribution is 6.12. The summed E-state index contributed by atoms with van der Waals surface area (Å²) in [6.45, 7) is 3.62. The Kier molecular flexibility index (Phi) is 11.0. The molecule has 0 aliphatic carbocycles. The summed E-state index contributed by atoms with van der Waals surface area (Å²) in [6.07, 6.45) is 1.62. The van der Waals surface area contributed by atoms with E-state index < -0.39 is 6.04 Å². The highest BCUT2D eigenvalue weighted by Crippen LogP contribution is 2.26. The van der Waals surface area contributed by atoms with Gasteiger partial charge in [0.05, 0.1) is 18.2 Å². The molecule has 0 fully saturated rings. The Balaban J connectivity index is 1.32. The van der Waals surface area contributed by atoms with Gasteiger partial charge in [-0.2, -0.15) is 5.10 Å². The van der Waals surface area contributed by atoms with Crippen molar-refractivity contribution in [3.8, 4) is 0 Å². The first-order valence-electron chi connectivity index (χ1n) is 14.4. The zero-order valence-electron chi connectivity index (χ0n) is 24.3. The molecule has 0 saturated heterocycles. The zero-order chi connectivity index (χ0) is 29.9. The van der Waals surface area contributed by atoms with Gasteiger partial charge in [-0.1, -0.05) is 60.7 Å². The summed E-state index contributed by atoms with van der Waals surface area (Å²) in [5, 5.41) is 11.8. The highest BCUT2D eigenvalue weighted by Gasteiger charge is 2.25. The lowest BCUT2D eigenvalue weighted by molar-refractivity contribution is -0.132. The van der Waals surface area contributed by atoms with Gasteiger partial charge in [-0.15, -0.1) is 0 Å². The van der Waals surface area contributed by atoms with Gasteiger partial charge in [0, 0.05) is 43.9 Å². The predicted molar refractivity (Wildman–Crippen MR) is 166 cm³/mol. The van der Waals surface area contributed by atoms with Crippen LogP contribution >= 0.6 is 0 Å². The molecule has 3 aromatic rings. The van der Waals surface area contributed by atoms with Crippen molar-refractivity contribution in [1.29, 1.82) is 0 Å². The summed E-state index contributed by atoms with van der Waals surface area (Å²) in [5.41, 5.74) is 9.95. The van der Waals surface area contributed by atoms with Gasteiger partial charge in [-0.3, -0.25) is 14.4 Å². The number of hydrogen-bond acceptors (Lipinski definition) is 6. The summed E-state index contributed by atoms with van der Waals surface area (Å²) in [6, 6.07) is 26.8. The molecule has 0 spiro atoms. The van der Waals surface area contributed by atoms with Crippen molar-refractivity contribution < 1.29 is 14.4 Å². The lowest BCUT2D eigenvalue weighted by Gasteiger charge is -2.29. The van der Waals surface area contributed by atoms with Gasteiger partial charge in [0.25, 0.3) is 11.8 Å². The largest absolute Gasteiger partial charge is 0.351 e. The number of nitrogens with zero attached hydrogens (tertiary/aromatic N) is 3. The van der Waals surface area contributed by atoms with Crippen LogP contribution < -0.4 is 21.4 Å². The van der Waals surface area contributed by atoms with E-state index in [-0.39, 0.29) is 23.6 Å². The number of carbonyl (C=O) groups is 3. The molecule has 42 heavy (non-hydrogen) atoms. The summed E-state index contributed by atoms with van der Waals surface area (Å²) >= 11 is 0. The number of hydrogen-bond donors (Lipinski definition) is 3. The van der Waals surface area contributed by atoms with Crippen LogP contribution in [0.1, 0.15) is 53.6 Å². The predicted octanol–water partition coefficient (Wildman–Crippen LogP) is 3.52. The molecule has 9 heteroatoms. The molecule has 4 N–H and O–H groups in total. The third-order valence-electron chi connectivity index (χ3n) is 7.32. The van der Waals surface area contributed by atoms with E-state index in [1.54, 1.807) is 29.2 Å². The molecule has 1 heterocycles. The van der Waals surface area contributed by atoms with Crippen LogP contribution in [0.25, 0.3) is 0 Å². The number of nitrogens with one attached hydrogen (secondary N) is 2. The van der Waals surface area contributed by atoms with Crippen molar-refractivity contribution in [2.24, 2.45) is 10.8 Å². The maximum Gasteiger partial charge on any atom is 0.253 e. The molecule has 0 radical (unpaired) electrons. The number of carbonyl (C=O) groups excluding carboxylic acids is 3. The minimum Gasteiger partial charge on any atom is -0.351 e. The Labute approximate surface area is 247 Å². The maximum atomic E-state index is 13.6. The fourth-order valence-electron chi connectivity index (χ4n) is 5.07. The third-order valence-corrected chi connectivity index (χ3v) is 7.32. The molecule has 220 valence electrons. The second kappa shape index (κ2) is 15.0. The van der Waals surface area contributed by atoms with Crippen molar-refractivity contribution >= 4 is 29.1 Å². The van der Waals surface area contributed by atoms with Gasteiger partial charge in [0.2, 0.25) is 5.91 Å². The van der Waals surface area contributed by atoms with Crippen LogP contribution in [-0.2, 0) is 9.59 Å². The van der Waals surface area contributed by atoms with E-state index >= 15 is 0 Å². The van der Waals surface area contributed by atoms with Crippen LogP contribution in [0.15, 0.2) is 90.0 Å². The third kappa shape index (κ3) is 8.11. The van der Waals surface area contributed by atoms with E-state index in [9.17, 15) is 14.4 Å². The van der Waals surface area contributed by atoms with Gasteiger partial charge < -0.3 is 21.3 Å². The molecule has 0 aromatic heterocycles. The van der Waals surface area contributed by atoms with E-state index in [2.05, 4.69) is 40.0 Å². The quantitative estimate of drug-likeness (QED) is 0.257. The van der Waals surface area contributed by atoms with Gasteiger partial charge in [-0.05, 0) is 61.7 Å². The zero-order valence-corrected chi connectivity index (χ0v) is 24.3. The van der Waals surface area contributed by atoms with Crippen LogP contribution in [0, 0.1) is 0 Å². The SMILES string of the molecule is CC1=NN(c2ccc(C(=O)NCCN[C@@H](CCCN)C(=O)N(C)CC(c3ccccc3)c3ccccc3)cc2)C(=O)C1. The number of benzene rings is 3. The number of anilines is 1. The summed E-state index contributed by atoms with van der Waals surface area (Å²) in [7, 11) is 1.84. The molecular weight excluding hydrogens is 528 g/mol. The first-order valence-corrected chi connectivity index (χ1v) is 14.4. The van der Waals surface area contributed by atoms with E-state index in [4.69, 9.17) is 5.73 Å². The van der Waals surface area contributed by atoms with E-state index in [0.717, 1.165) is 16.8 Å². The van der Waals surface area contributed by atoms with Crippen molar-refractivity contribution in [3.05, 3.63) is 102 Å².